The molecule has 0 unspecified atom stereocenters. The molecular formula is C16H19N5O. The van der Waals surface area contributed by atoms with Gasteiger partial charge in [-0.15, -0.1) is 10.2 Å². The smallest absolute Gasteiger partial charge is 0.204 e. The van der Waals surface area contributed by atoms with Crippen molar-refractivity contribution in [3.8, 4) is 11.4 Å². The van der Waals surface area contributed by atoms with Gasteiger partial charge in [-0.2, -0.15) is 4.80 Å². The second-order valence-corrected chi connectivity index (χ2v) is 5.72. The summed E-state index contributed by atoms with van der Waals surface area (Å²) < 4.78 is 5.16. The van der Waals surface area contributed by atoms with Crippen LogP contribution in [-0.2, 0) is 6.54 Å². The van der Waals surface area contributed by atoms with E-state index in [-0.39, 0.29) is 0 Å². The lowest BCUT2D eigenvalue weighted by Crippen LogP contribution is -2.05. The zero-order chi connectivity index (χ0) is 15.7. The molecule has 0 radical (unpaired) electrons. The average Bonchev–Trinajstić information content (AvgIpc) is 3.10. The summed E-state index contributed by atoms with van der Waals surface area (Å²) in [5, 5.41) is 16.6. The number of hydrogen-bond donors (Lipinski definition) is 0. The van der Waals surface area contributed by atoms with E-state index in [1.54, 1.807) is 4.80 Å². The van der Waals surface area contributed by atoms with Crippen LogP contribution in [0.25, 0.3) is 11.4 Å². The minimum absolute atomic E-state index is 0.511. The predicted octanol–water partition coefficient (Wildman–Crippen LogP) is 3.12. The van der Waals surface area contributed by atoms with Crippen LogP contribution in [0.4, 0.5) is 0 Å². The predicted molar refractivity (Wildman–Crippen MR) is 82.4 cm³/mol. The molecule has 1 aromatic carbocycles. The molecule has 114 valence electrons. The van der Waals surface area contributed by atoms with Crippen molar-refractivity contribution in [1.29, 1.82) is 0 Å². The van der Waals surface area contributed by atoms with E-state index in [2.05, 4.69) is 46.5 Å². The first-order valence-electron chi connectivity index (χ1n) is 7.34. The number of aryl methyl sites for hydroxylation is 2. The molecule has 0 amide bonds. The van der Waals surface area contributed by atoms with Crippen LogP contribution >= 0.6 is 0 Å². The molecule has 0 saturated carbocycles. The SMILES string of the molecule is Cc1noc(C)c1Cn1nnc(-c2ccc(C(C)C)cc2)n1. The van der Waals surface area contributed by atoms with Crippen LogP contribution in [0.5, 0.6) is 0 Å². The zero-order valence-electron chi connectivity index (χ0n) is 13.2. The third kappa shape index (κ3) is 2.77. The maximum atomic E-state index is 5.16. The molecule has 3 rings (SSSR count). The first kappa shape index (κ1) is 14.4. The number of nitrogens with zero attached hydrogens (tertiary/aromatic N) is 5. The first-order valence-corrected chi connectivity index (χ1v) is 7.34. The second kappa shape index (κ2) is 5.71. The van der Waals surface area contributed by atoms with Crippen LogP contribution < -0.4 is 0 Å². The van der Waals surface area contributed by atoms with Crippen molar-refractivity contribution < 1.29 is 4.52 Å². The molecular weight excluding hydrogens is 278 g/mol. The molecule has 0 atom stereocenters. The summed E-state index contributed by atoms with van der Waals surface area (Å²) in [6.45, 7) is 8.66. The van der Waals surface area contributed by atoms with Crippen molar-refractivity contribution in [1.82, 2.24) is 25.4 Å². The maximum Gasteiger partial charge on any atom is 0.204 e. The summed E-state index contributed by atoms with van der Waals surface area (Å²) in [4.78, 5) is 1.57. The van der Waals surface area contributed by atoms with E-state index in [1.807, 2.05) is 26.0 Å². The fourth-order valence-electron chi connectivity index (χ4n) is 2.31. The van der Waals surface area contributed by atoms with Gasteiger partial charge < -0.3 is 4.52 Å². The van der Waals surface area contributed by atoms with Crippen molar-refractivity contribution in [3.05, 3.63) is 46.8 Å². The van der Waals surface area contributed by atoms with Gasteiger partial charge in [0.2, 0.25) is 5.82 Å². The third-order valence-corrected chi connectivity index (χ3v) is 3.77. The van der Waals surface area contributed by atoms with Gasteiger partial charge in [0.1, 0.15) is 5.76 Å². The number of aromatic nitrogens is 5. The summed E-state index contributed by atoms with van der Waals surface area (Å²) >= 11 is 0. The molecule has 0 aliphatic rings. The molecule has 0 aliphatic heterocycles. The van der Waals surface area contributed by atoms with Crippen LogP contribution in [0.1, 0.15) is 42.3 Å². The average molecular weight is 297 g/mol. The van der Waals surface area contributed by atoms with Gasteiger partial charge in [-0.1, -0.05) is 43.3 Å². The van der Waals surface area contributed by atoms with Gasteiger partial charge in [0, 0.05) is 11.1 Å². The van der Waals surface area contributed by atoms with Crippen molar-refractivity contribution >= 4 is 0 Å². The van der Waals surface area contributed by atoms with E-state index in [0.717, 1.165) is 22.6 Å². The first-order chi connectivity index (χ1) is 10.5. The normalized spacial score (nSPS) is 11.3. The van der Waals surface area contributed by atoms with Crippen molar-refractivity contribution in [3.63, 3.8) is 0 Å². The van der Waals surface area contributed by atoms with E-state index in [9.17, 15) is 0 Å². The Kier molecular flexibility index (Phi) is 3.75. The highest BCUT2D eigenvalue weighted by Crippen LogP contribution is 2.20. The molecule has 6 nitrogen and oxygen atoms in total. The molecule has 0 spiro atoms. The molecule has 22 heavy (non-hydrogen) atoms. The standard InChI is InChI=1S/C16H19N5O/c1-10(2)13-5-7-14(8-6-13)16-17-20-21(18-16)9-15-11(3)19-22-12(15)4/h5-8,10H,9H2,1-4H3. The molecule has 0 fully saturated rings. The van der Waals surface area contributed by atoms with E-state index in [4.69, 9.17) is 4.52 Å². The zero-order valence-corrected chi connectivity index (χ0v) is 13.2. The molecule has 3 aromatic rings. The van der Waals surface area contributed by atoms with E-state index in [0.29, 0.717) is 18.3 Å². The Morgan fingerprint density at radius 3 is 2.45 bits per heavy atom. The van der Waals surface area contributed by atoms with Crippen molar-refractivity contribution in [2.45, 2.75) is 40.2 Å². The summed E-state index contributed by atoms with van der Waals surface area (Å²) in [6.07, 6.45) is 0. The van der Waals surface area contributed by atoms with Crippen LogP contribution in [0.2, 0.25) is 0 Å². The van der Waals surface area contributed by atoms with Gasteiger partial charge in [0.25, 0.3) is 0 Å². The minimum atomic E-state index is 0.511. The lowest BCUT2D eigenvalue weighted by molar-refractivity contribution is 0.391. The number of benzene rings is 1. The molecule has 0 bridgehead atoms. The van der Waals surface area contributed by atoms with Crippen LogP contribution in [0.15, 0.2) is 28.8 Å². The monoisotopic (exact) mass is 297 g/mol. The summed E-state index contributed by atoms with van der Waals surface area (Å²) in [6, 6.07) is 8.28. The number of rotatable bonds is 4. The van der Waals surface area contributed by atoms with E-state index >= 15 is 0 Å². The highest BCUT2D eigenvalue weighted by Gasteiger charge is 2.12. The Bertz CT molecular complexity index is 751. The Morgan fingerprint density at radius 2 is 1.86 bits per heavy atom. The third-order valence-electron chi connectivity index (χ3n) is 3.77. The molecule has 2 aromatic heterocycles. The van der Waals surface area contributed by atoms with Crippen molar-refractivity contribution in [2.75, 3.05) is 0 Å². The van der Waals surface area contributed by atoms with E-state index < -0.39 is 0 Å². The number of tetrazole rings is 1. The lowest BCUT2D eigenvalue weighted by atomic mass is 10.0. The Hall–Kier alpha value is -2.50. The molecule has 6 heteroatoms. The molecule has 0 saturated heterocycles. The molecule has 0 aliphatic carbocycles. The van der Waals surface area contributed by atoms with Gasteiger partial charge in [-0.25, -0.2) is 0 Å². The van der Waals surface area contributed by atoms with Gasteiger partial charge in [0.15, 0.2) is 0 Å². The second-order valence-electron chi connectivity index (χ2n) is 5.72. The number of hydrogen-bond acceptors (Lipinski definition) is 5. The van der Waals surface area contributed by atoms with E-state index in [1.165, 1.54) is 5.56 Å². The highest BCUT2D eigenvalue weighted by atomic mass is 16.5. The quantitative estimate of drug-likeness (QED) is 0.740. The summed E-state index contributed by atoms with van der Waals surface area (Å²) in [5.74, 6) is 1.93. The van der Waals surface area contributed by atoms with Gasteiger partial charge in [0.05, 0.1) is 12.2 Å². The topological polar surface area (TPSA) is 69.6 Å². The van der Waals surface area contributed by atoms with Crippen molar-refractivity contribution in [2.24, 2.45) is 0 Å². The minimum Gasteiger partial charge on any atom is -0.361 e. The van der Waals surface area contributed by atoms with Gasteiger partial charge >= 0.3 is 0 Å². The van der Waals surface area contributed by atoms with Crippen LogP contribution in [-0.4, -0.2) is 25.4 Å². The highest BCUT2D eigenvalue weighted by molar-refractivity contribution is 5.54. The van der Waals surface area contributed by atoms with Crippen LogP contribution in [0.3, 0.4) is 0 Å². The maximum absolute atomic E-state index is 5.16. The Labute approximate surface area is 129 Å². The van der Waals surface area contributed by atoms with Gasteiger partial charge in [-0.05, 0) is 30.5 Å². The summed E-state index contributed by atoms with van der Waals surface area (Å²) in [5.41, 5.74) is 4.12. The Balaban J connectivity index is 1.81. The largest absolute Gasteiger partial charge is 0.361 e. The molecule has 0 N–H and O–H groups in total. The lowest BCUT2D eigenvalue weighted by Gasteiger charge is -2.04. The fourth-order valence-corrected chi connectivity index (χ4v) is 2.31. The fraction of sp³-hybridized carbons (Fsp3) is 0.375. The Morgan fingerprint density at radius 1 is 1.14 bits per heavy atom. The van der Waals surface area contributed by atoms with Crippen LogP contribution in [0, 0.1) is 13.8 Å². The van der Waals surface area contributed by atoms with Gasteiger partial charge in [-0.3, -0.25) is 0 Å². The molecule has 2 heterocycles. The summed E-state index contributed by atoms with van der Waals surface area (Å²) in [7, 11) is 0.